The normalized spacial score (nSPS) is 10.7. The first-order valence-corrected chi connectivity index (χ1v) is 10.2. The van der Waals surface area contributed by atoms with Crippen LogP contribution in [0.5, 0.6) is 0 Å². The van der Waals surface area contributed by atoms with E-state index < -0.39 is 0 Å². The number of hydrogen-bond donors (Lipinski definition) is 1. The number of aryl methyl sites for hydroxylation is 1. The number of carbonyl (C=O) groups is 1. The highest BCUT2D eigenvalue weighted by Crippen LogP contribution is 2.24. The highest BCUT2D eigenvalue weighted by molar-refractivity contribution is 7.99. The van der Waals surface area contributed by atoms with Crippen molar-refractivity contribution in [2.75, 3.05) is 11.1 Å². The lowest BCUT2D eigenvalue weighted by molar-refractivity contribution is -0.113. The summed E-state index contributed by atoms with van der Waals surface area (Å²) in [5.74, 6) is 0.736. The lowest BCUT2D eigenvalue weighted by Crippen LogP contribution is -2.14. The molecule has 0 aliphatic heterocycles. The molecule has 3 aromatic rings. The Morgan fingerprint density at radius 3 is 3.00 bits per heavy atom. The van der Waals surface area contributed by atoms with E-state index >= 15 is 0 Å². The Balaban J connectivity index is 1.65. The molecule has 3 rings (SSSR count). The van der Waals surface area contributed by atoms with Gasteiger partial charge >= 0.3 is 0 Å². The number of nitrogens with zero attached hydrogens (tertiary/aromatic N) is 6. The number of pyridine rings is 1. The van der Waals surface area contributed by atoms with Crippen LogP contribution in [-0.2, 0) is 17.8 Å². The number of aromatic nitrogens is 6. The molecule has 0 atom stereocenters. The minimum Gasteiger partial charge on any atom is -0.300 e. The molecular formula is C17H19N7OS2. The summed E-state index contributed by atoms with van der Waals surface area (Å²) < 4.78 is 1.91. The van der Waals surface area contributed by atoms with E-state index in [0.29, 0.717) is 22.7 Å². The molecule has 1 N–H and O–H groups in total. The Bertz CT molecular complexity index is 907. The van der Waals surface area contributed by atoms with Crippen molar-refractivity contribution in [2.45, 2.75) is 31.5 Å². The molecule has 0 radical (unpaired) electrons. The highest BCUT2D eigenvalue weighted by Gasteiger charge is 2.15. The molecule has 3 aromatic heterocycles. The molecule has 3 heterocycles. The largest absolute Gasteiger partial charge is 0.300 e. The van der Waals surface area contributed by atoms with E-state index in [-0.39, 0.29) is 11.7 Å². The van der Waals surface area contributed by atoms with Gasteiger partial charge in [0.25, 0.3) is 0 Å². The second-order valence-electron chi connectivity index (χ2n) is 5.53. The Kier molecular flexibility index (Phi) is 6.66. The standard InChI is InChI=1S/C17H19N7OS2/c1-3-6-14-20-22-16(27-14)19-13(25)11-26-17-23-21-15(24(17)9-4-2)12-7-5-8-18-10-12/h4-5,7-8,10H,2-3,6,9,11H2,1H3,(H,19,22,25). The van der Waals surface area contributed by atoms with Crippen molar-refractivity contribution in [3.05, 3.63) is 42.2 Å². The van der Waals surface area contributed by atoms with Crippen molar-refractivity contribution in [3.63, 3.8) is 0 Å². The summed E-state index contributed by atoms with van der Waals surface area (Å²) in [6.07, 6.45) is 7.07. The van der Waals surface area contributed by atoms with Gasteiger partial charge in [0.1, 0.15) is 5.01 Å². The van der Waals surface area contributed by atoms with Crippen molar-refractivity contribution in [1.29, 1.82) is 0 Å². The van der Waals surface area contributed by atoms with Gasteiger partial charge in [-0.25, -0.2) is 0 Å². The zero-order chi connectivity index (χ0) is 19.1. The van der Waals surface area contributed by atoms with Gasteiger partial charge in [0.05, 0.1) is 5.75 Å². The molecular weight excluding hydrogens is 382 g/mol. The average Bonchev–Trinajstić information content (AvgIpc) is 3.28. The summed E-state index contributed by atoms with van der Waals surface area (Å²) in [4.78, 5) is 16.3. The Hall–Kier alpha value is -2.59. The molecule has 0 spiro atoms. The zero-order valence-corrected chi connectivity index (χ0v) is 16.5. The summed E-state index contributed by atoms with van der Waals surface area (Å²) in [6, 6.07) is 3.76. The van der Waals surface area contributed by atoms with E-state index in [1.54, 1.807) is 18.5 Å². The van der Waals surface area contributed by atoms with Crippen LogP contribution in [0.15, 0.2) is 42.3 Å². The molecule has 27 heavy (non-hydrogen) atoms. The molecule has 0 unspecified atom stereocenters. The molecule has 8 nitrogen and oxygen atoms in total. The third-order valence-corrected chi connectivity index (χ3v) is 5.32. The molecule has 0 bridgehead atoms. The smallest absolute Gasteiger partial charge is 0.236 e. The number of amides is 1. The third-order valence-electron chi connectivity index (χ3n) is 3.46. The van der Waals surface area contributed by atoms with E-state index in [1.807, 2.05) is 16.7 Å². The summed E-state index contributed by atoms with van der Waals surface area (Å²) in [7, 11) is 0. The number of rotatable bonds is 9. The predicted molar refractivity (Wildman–Crippen MR) is 107 cm³/mol. The number of allylic oxidation sites excluding steroid dienone is 1. The molecule has 0 aliphatic rings. The van der Waals surface area contributed by atoms with Gasteiger partial charge in [-0.3, -0.25) is 19.7 Å². The first kappa shape index (κ1) is 19.2. The maximum Gasteiger partial charge on any atom is 0.236 e. The Labute approximate surface area is 165 Å². The van der Waals surface area contributed by atoms with Gasteiger partial charge in [-0.15, -0.1) is 27.0 Å². The maximum atomic E-state index is 12.2. The first-order valence-electron chi connectivity index (χ1n) is 8.40. The second kappa shape index (κ2) is 9.38. The minimum absolute atomic E-state index is 0.157. The zero-order valence-electron chi connectivity index (χ0n) is 14.8. The van der Waals surface area contributed by atoms with Gasteiger partial charge < -0.3 is 0 Å². The molecule has 10 heteroatoms. The van der Waals surface area contributed by atoms with Crippen LogP contribution in [0.2, 0.25) is 0 Å². The maximum absolute atomic E-state index is 12.2. The van der Waals surface area contributed by atoms with E-state index in [0.717, 1.165) is 23.4 Å². The molecule has 140 valence electrons. The highest BCUT2D eigenvalue weighted by atomic mass is 32.2. The van der Waals surface area contributed by atoms with Crippen LogP contribution in [-0.4, -0.2) is 41.6 Å². The van der Waals surface area contributed by atoms with Crippen LogP contribution < -0.4 is 5.32 Å². The van der Waals surface area contributed by atoms with Crippen molar-refractivity contribution in [1.82, 2.24) is 29.9 Å². The fourth-order valence-corrected chi connectivity index (χ4v) is 3.91. The van der Waals surface area contributed by atoms with Crippen LogP contribution in [0.1, 0.15) is 18.4 Å². The number of nitrogens with one attached hydrogen (secondary N) is 1. The van der Waals surface area contributed by atoms with Crippen LogP contribution in [0.25, 0.3) is 11.4 Å². The van der Waals surface area contributed by atoms with Gasteiger partial charge in [0.15, 0.2) is 11.0 Å². The summed E-state index contributed by atoms with van der Waals surface area (Å²) in [5.41, 5.74) is 0.862. The molecule has 0 saturated heterocycles. The molecule has 0 fully saturated rings. The van der Waals surface area contributed by atoms with Gasteiger partial charge in [-0.2, -0.15) is 0 Å². The number of thioether (sulfide) groups is 1. The number of hydrogen-bond acceptors (Lipinski definition) is 8. The lowest BCUT2D eigenvalue weighted by Gasteiger charge is -2.07. The molecule has 0 aliphatic carbocycles. The second-order valence-corrected chi connectivity index (χ2v) is 7.54. The van der Waals surface area contributed by atoms with Gasteiger partial charge in [0.2, 0.25) is 11.0 Å². The van der Waals surface area contributed by atoms with Crippen molar-refractivity contribution >= 4 is 34.1 Å². The third kappa shape index (κ3) is 4.98. The summed E-state index contributed by atoms with van der Waals surface area (Å²) in [6.45, 7) is 6.40. The fraction of sp³-hybridized carbons (Fsp3) is 0.294. The van der Waals surface area contributed by atoms with Crippen LogP contribution in [0.3, 0.4) is 0 Å². The number of carbonyl (C=O) groups excluding carboxylic acids is 1. The van der Waals surface area contributed by atoms with Crippen molar-refractivity contribution < 1.29 is 4.79 Å². The van der Waals surface area contributed by atoms with Crippen LogP contribution >= 0.6 is 23.1 Å². The van der Waals surface area contributed by atoms with E-state index in [9.17, 15) is 4.79 Å². The van der Waals surface area contributed by atoms with Crippen molar-refractivity contribution in [2.24, 2.45) is 0 Å². The molecule has 1 amide bonds. The van der Waals surface area contributed by atoms with Gasteiger partial charge in [0, 0.05) is 30.9 Å². The van der Waals surface area contributed by atoms with Crippen LogP contribution in [0, 0.1) is 0 Å². The summed E-state index contributed by atoms with van der Waals surface area (Å²) >= 11 is 2.72. The predicted octanol–water partition coefficient (Wildman–Crippen LogP) is 3.06. The fourth-order valence-electron chi connectivity index (χ4n) is 2.30. The first-order chi connectivity index (χ1) is 13.2. The Morgan fingerprint density at radius 1 is 1.37 bits per heavy atom. The topological polar surface area (TPSA) is 98.5 Å². The van der Waals surface area contributed by atoms with E-state index in [4.69, 9.17) is 0 Å². The van der Waals surface area contributed by atoms with Crippen molar-refractivity contribution in [3.8, 4) is 11.4 Å². The quantitative estimate of drug-likeness (QED) is 0.434. The molecule has 0 saturated carbocycles. The van der Waals surface area contributed by atoms with Crippen LogP contribution in [0.4, 0.5) is 5.13 Å². The SMILES string of the molecule is C=CCn1c(SCC(=O)Nc2nnc(CCC)s2)nnc1-c1cccnc1. The lowest BCUT2D eigenvalue weighted by atomic mass is 10.3. The molecule has 0 aromatic carbocycles. The number of anilines is 1. The average molecular weight is 402 g/mol. The Morgan fingerprint density at radius 2 is 2.26 bits per heavy atom. The minimum atomic E-state index is -0.157. The van der Waals surface area contributed by atoms with Gasteiger partial charge in [-0.1, -0.05) is 36.1 Å². The monoisotopic (exact) mass is 401 g/mol. The van der Waals surface area contributed by atoms with E-state index in [2.05, 4.69) is 44.2 Å². The summed E-state index contributed by atoms with van der Waals surface area (Å²) in [5, 5.41) is 21.4. The van der Waals surface area contributed by atoms with Gasteiger partial charge in [-0.05, 0) is 18.6 Å². The van der Waals surface area contributed by atoms with E-state index in [1.165, 1.54) is 23.1 Å².